The molecule has 4 heteroatoms. The molecule has 0 aromatic heterocycles. The van der Waals surface area contributed by atoms with Crippen molar-refractivity contribution in [2.24, 2.45) is 0 Å². The van der Waals surface area contributed by atoms with E-state index in [0.717, 1.165) is 27.9 Å². The Morgan fingerprint density at radius 2 is 1.88 bits per heavy atom. The topological polar surface area (TPSA) is 38.3 Å². The Hall–Kier alpha value is -1.81. The molecule has 0 saturated carbocycles. The van der Waals surface area contributed by atoms with Crippen molar-refractivity contribution in [2.75, 3.05) is 5.32 Å². The fourth-order valence-corrected chi connectivity index (χ4v) is 3.07. The lowest BCUT2D eigenvalue weighted by Crippen LogP contribution is -2.31. The number of benzene rings is 2. The summed E-state index contributed by atoms with van der Waals surface area (Å²) in [6, 6.07) is 13.8. The molecule has 0 radical (unpaired) electrons. The second-order valence-corrected chi connectivity index (χ2v) is 8.02. The van der Waals surface area contributed by atoms with Crippen molar-refractivity contribution in [3.63, 3.8) is 0 Å². The second-order valence-electron chi connectivity index (χ2n) is 7.16. The van der Waals surface area contributed by atoms with E-state index in [4.69, 9.17) is 4.74 Å². The van der Waals surface area contributed by atoms with Crippen LogP contribution in [0.3, 0.4) is 0 Å². The summed E-state index contributed by atoms with van der Waals surface area (Å²) < 4.78 is 6.84. The van der Waals surface area contributed by atoms with Crippen LogP contribution in [-0.2, 0) is 16.6 Å². The minimum Gasteiger partial charge on any atom is -0.481 e. The Morgan fingerprint density at radius 3 is 2.48 bits per heavy atom. The average molecular weight is 404 g/mol. The largest absolute Gasteiger partial charge is 0.481 e. The third kappa shape index (κ3) is 5.08. The van der Waals surface area contributed by atoms with Gasteiger partial charge in [0.05, 0.1) is 5.69 Å². The van der Waals surface area contributed by atoms with Crippen LogP contribution in [0, 0.1) is 0 Å². The molecule has 0 aliphatic rings. The smallest absolute Gasteiger partial charge is 0.265 e. The Kier molecular flexibility index (Phi) is 6.28. The molecule has 1 N–H and O–H groups in total. The van der Waals surface area contributed by atoms with Crippen LogP contribution in [0.15, 0.2) is 46.9 Å². The maximum Gasteiger partial charge on any atom is 0.265 e. The van der Waals surface area contributed by atoms with Crippen LogP contribution in [0.5, 0.6) is 5.75 Å². The van der Waals surface area contributed by atoms with Gasteiger partial charge in [0.1, 0.15) is 5.75 Å². The lowest BCUT2D eigenvalue weighted by atomic mass is 9.86. The molecule has 0 bridgehead atoms. The Morgan fingerprint density at radius 1 is 1.20 bits per heavy atom. The summed E-state index contributed by atoms with van der Waals surface area (Å²) in [6.45, 7) is 10.3. The molecule has 2 aromatic carbocycles. The molecule has 2 rings (SSSR count). The molecule has 0 fully saturated rings. The zero-order valence-corrected chi connectivity index (χ0v) is 17.1. The molecular formula is C21H26BrNO2. The summed E-state index contributed by atoms with van der Waals surface area (Å²) in [4.78, 5) is 12.5. The molecule has 1 amide bonds. The van der Waals surface area contributed by atoms with Crippen molar-refractivity contribution in [3.05, 3.63) is 58.1 Å². The number of carbonyl (C=O) groups is 1. The lowest BCUT2D eigenvalue weighted by molar-refractivity contribution is -0.122. The van der Waals surface area contributed by atoms with E-state index in [1.165, 1.54) is 5.56 Å². The molecule has 3 nitrogen and oxygen atoms in total. The Bertz CT molecular complexity index is 750. The third-order valence-corrected chi connectivity index (χ3v) is 4.72. The van der Waals surface area contributed by atoms with E-state index >= 15 is 0 Å². The predicted molar refractivity (Wildman–Crippen MR) is 107 cm³/mol. The third-order valence-electron chi connectivity index (χ3n) is 4.07. The number of hydrogen-bond acceptors (Lipinski definition) is 2. The molecule has 25 heavy (non-hydrogen) atoms. The van der Waals surface area contributed by atoms with Gasteiger partial charge in [-0.1, -0.05) is 52.0 Å². The van der Waals surface area contributed by atoms with Gasteiger partial charge in [-0.3, -0.25) is 4.79 Å². The van der Waals surface area contributed by atoms with Gasteiger partial charge in [0.15, 0.2) is 6.10 Å². The molecule has 1 unspecified atom stereocenters. The van der Waals surface area contributed by atoms with E-state index < -0.39 is 6.10 Å². The summed E-state index contributed by atoms with van der Waals surface area (Å²) in [6.07, 6.45) is 0.358. The zero-order valence-electron chi connectivity index (χ0n) is 15.5. The molecule has 2 aromatic rings. The minimum absolute atomic E-state index is 0.0498. The highest BCUT2D eigenvalue weighted by Gasteiger charge is 2.22. The number of para-hydroxylation sites is 1. The van der Waals surface area contributed by atoms with E-state index in [2.05, 4.69) is 48.9 Å². The predicted octanol–water partition coefficient (Wildman–Crippen LogP) is 5.72. The maximum absolute atomic E-state index is 12.5. The number of aryl methyl sites for hydroxylation is 1. The summed E-state index contributed by atoms with van der Waals surface area (Å²) >= 11 is 3.51. The van der Waals surface area contributed by atoms with Crippen LogP contribution in [0.4, 0.5) is 5.69 Å². The normalized spacial score (nSPS) is 12.6. The minimum atomic E-state index is -0.596. The van der Waals surface area contributed by atoms with Crippen LogP contribution < -0.4 is 10.1 Å². The number of ether oxygens (including phenoxy) is 1. The van der Waals surface area contributed by atoms with Crippen molar-refractivity contribution in [3.8, 4) is 5.75 Å². The summed E-state index contributed by atoms with van der Waals surface area (Å²) in [7, 11) is 0. The van der Waals surface area contributed by atoms with E-state index in [-0.39, 0.29) is 11.3 Å². The Balaban J connectivity index is 2.12. The Labute approximate surface area is 158 Å². The van der Waals surface area contributed by atoms with Gasteiger partial charge >= 0.3 is 0 Å². The van der Waals surface area contributed by atoms with Crippen molar-refractivity contribution < 1.29 is 9.53 Å². The quantitative estimate of drug-likeness (QED) is 0.693. The first-order chi connectivity index (χ1) is 11.7. The number of hydrogen-bond donors (Lipinski definition) is 1. The molecule has 0 aliphatic heterocycles. The highest BCUT2D eigenvalue weighted by atomic mass is 79.9. The van der Waals surface area contributed by atoms with Crippen molar-refractivity contribution in [1.29, 1.82) is 0 Å². The highest BCUT2D eigenvalue weighted by Crippen LogP contribution is 2.32. The van der Waals surface area contributed by atoms with Crippen molar-refractivity contribution in [2.45, 2.75) is 52.6 Å². The van der Waals surface area contributed by atoms with Gasteiger partial charge in [0, 0.05) is 4.47 Å². The fourth-order valence-electron chi connectivity index (χ4n) is 2.55. The van der Waals surface area contributed by atoms with Crippen LogP contribution >= 0.6 is 15.9 Å². The monoisotopic (exact) mass is 403 g/mol. The van der Waals surface area contributed by atoms with Gasteiger partial charge in [-0.15, -0.1) is 0 Å². The van der Waals surface area contributed by atoms with Crippen LogP contribution in [0.25, 0.3) is 0 Å². The van der Waals surface area contributed by atoms with Gasteiger partial charge in [-0.05, 0) is 64.0 Å². The maximum atomic E-state index is 12.5. The molecule has 0 aliphatic carbocycles. The summed E-state index contributed by atoms with van der Waals surface area (Å²) in [5.74, 6) is 0.576. The first kappa shape index (κ1) is 19.5. The summed E-state index contributed by atoms with van der Waals surface area (Å²) in [5, 5.41) is 2.93. The molecule has 1 atom stereocenters. The van der Waals surface area contributed by atoms with Crippen LogP contribution in [-0.4, -0.2) is 12.0 Å². The number of halogens is 1. The number of nitrogens with one attached hydrogen (secondary N) is 1. The van der Waals surface area contributed by atoms with Gasteiger partial charge in [-0.25, -0.2) is 0 Å². The van der Waals surface area contributed by atoms with Crippen LogP contribution in [0.2, 0.25) is 0 Å². The summed E-state index contributed by atoms with van der Waals surface area (Å²) in [5.41, 5.74) is 3.00. The fraction of sp³-hybridized carbons (Fsp3) is 0.381. The molecule has 0 heterocycles. The molecule has 134 valence electrons. The first-order valence-corrected chi connectivity index (χ1v) is 9.37. The van der Waals surface area contributed by atoms with Gasteiger partial charge in [-0.2, -0.15) is 0 Å². The van der Waals surface area contributed by atoms with E-state index in [0.29, 0.717) is 0 Å². The zero-order chi connectivity index (χ0) is 18.6. The molecular weight excluding hydrogens is 378 g/mol. The van der Waals surface area contributed by atoms with E-state index in [1.807, 2.05) is 42.5 Å². The lowest BCUT2D eigenvalue weighted by Gasteiger charge is -2.24. The van der Waals surface area contributed by atoms with Gasteiger partial charge < -0.3 is 10.1 Å². The molecule has 0 spiro atoms. The van der Waals surface area contributed by atoms with Crippen LogP contribution in [0.1, 0.15) is 45.7 Å². The number of amides is 1. The number of rotatable bonds is 5. The van der Waals surface area contributed by atoms with Gasteiger partial charge in [0.2, 0.25) is 0 Å². The second kappa shape index (κ2) is 8.05. The SMILES string of the molecule is CCc1ccc(NC(=O)C(C)Oc2ccccc2C(C)(C)C)c(Br)c1. The molecule has 0 saturated heterocycles. The first-order valence-electron chi connectivity index (χ1n) is 8.58. The number of carbonyl (C=O) groups excluding carboxylic acids is 1. The van der Waals surface area contributed by atoms with Gasteiger partial charge in [0.25, 0.3) is 5.91 Å². The van der Waals surface area contributed by atoms with E-state index in [9.17, 15) is 4.79 Å². The highest BCUT2D eigenvalue weighted by molar-refractivity contribution is 9.10. The van der Waals surface area contributed by atoms with Crippen molar-refractivity contribution >= 4 is 27.5 Å². The standard InChI is InChI=1S/C21H26BrNO2/c1-6-15-11-12-18(17(22)13-15)23-20(24)14(2)25-19-10-8-7-9-16(19)21(3,4)5/h7-14H,6H2,1-5H3,(H,23,24). The average Bonchev–Trinajstić information content (AvgIpc) is 2.56. The van der Waals surface area contributed by atoms with E-state index in [1.54, 1.807) is 6.92 Å². The van der Waals surface area contributed by atoms with Crippen molar-refractivity contribution in [1.82, 2.24) is 0 Å². The number of anilines is 1.